The number of rotatable bonds is 2. The number of piperidine rings is 1. The van der Waals surface area contributed by atoms with Gasteiger partial charge >= 0.3 is 0 Å². The topological polar surface area (TPSA) is 46.3 Å². The van der Waals surface area contributed by atoms with Gasteiger partial charge < -0.3 is 10.6 Å². The Morgan fingerprint density at radius 3 is 2.94 bits per heavy atom. The highest BCUT2D eigenvalue weighted by Gasteiger charge is 2.27. The van der Waals surface area contributed by atoms with Gasteiger partial charge in [0.1, 0.15) is 0 Å². The van der Waals surface area contributed by atoms with Crippen molar-refractivity contribution in [3.63, 3.8) is 0 Å². The predicted molar refractivity (Wildman–Crippen MR) is 74.0 cm³/mol. The molecule has 0 aliphatic carbocycles. The SMILES string of the molecule is Cc1ccsc1C(=O)N1CCCCC1CN.Cl. The Labute approximate surface area is 112 Å². The molecule has 96 valence electrons. The van der Waals surface area contributed by atoms with Crippen molar-refractivity contribution in [2.75, 3.05) is 13.1 Å². The summed E-state index contributed by atoms with van der Waals surface area (Å²) < 4.78 is 0. The Bertz CT molecular complexity index is 380. The van der Waals surface area contributed by atoms with Crippen molar-refractivity contribution in [2.24, 2.45) is 5.73 Å². The van der Waals surface area contributed by atoms with E-state index in [1.807, 2.05) is 23.3 Å². The van der Waals surface area contributed by atoms with E-state index in [9.17, 15) is 4.79 Å². The Hall–Kier alpha value is -0.580. The van der Waals surface area contributed by atoms with Crippen LogP contribution in [0.4, 0.5) is 0 Å². The molecule has 0 bridgehead atoms. The van der Waals surface area contributed by atoms with Gasteiger partial charge in [0.25, 0.3) is 5.91 Å². The molecule has 1 aromatic rings. The summed E-state index contributed by atoms with van der Waals surface area (Å²) in [7, 11) is 0. The summed E-state index contributed by atoms with van der Waals surface area (Å²) in [4.78, 5) is 15.2. The van der Waals surface area contributed by atoms with Crippen molar-refractivity contribution in [3.05, 3.63) is 21.9 Å². The van der Waals surface area contributed by atoms with Crippen molar-refractivity contribution in [1.29, 1.82) is 0 Å². The average Bonchev–Trinajstić information content (AvgIpc) is 2.74. The van der Waals surface area contributed by atoms with E-state index in [4.69, 9.17) is 5.73 Å². The monoisotopic (exact) mass is 274 g/mol. The summed E-state index contributed by atoms with van der Waals surface area (Å²) in [5, 5.41) is 1.98. The van der Waals surface area contributed by atoms with Crippen LogP contribution < -0.4 is 5.73 Å². The van der Waals surface area contributed by atoms with Crippen LogP contribution in [0.25, 0.3) is 0 Å². The summed E-state index contributed by atoms with van der Waals surface area (Å²) in [5.41, 5.74) is 6.81. The van der Waals surface area contributed by atoms with Crippen LogP contribution in [0.3, 0.4) is 0 Å². The first-order chi connectivity index (χ1) is 7.74. The second-order valence-electron chi connectivity index (χ2n) is 4.32. The van der Waals surface area contributed by atoms with Crippen molar-refractivity contribution >= 4 is 29.7 Å². The van der Waals surface area contributed by atoms with Gasteiger partial charge in [-0.1, -0.05) is 0 Å². The molecule has 0 saturated carbocycles. The van der Waals surface area contributed by atoms with Gasteiger partial charge in [-0.15, -0.1) is 23.7 Å². The van der Waals surface area contributed by atoms with Crippen LogP contribution in [-0.2, 0) is 0 Å². The molecule has 3 nitrogen and oxygen atoms in total. The minimum absolute atomic E-state index is 0. The lowest BCUT2D eigenvalue weighted by molar-refractivity contribution is 0.0628. The Balaban J connectivity index is 0.00000144. The number of aryl methyl sites for hydroxylation is 1. The minimum Gasteiger partial charge on any atom is -0.334 e. The molecule has 1 amide bonds. The molecule has 17 heavy (non-hydrogen) atoms. The van der Waals surface area contributed by atoms with E-state index in [1.165, 1.54) is 17.8 Å². The molecule has 5 heteroatoms. The van der Waals surface area contributed by atoms with E-state index in [1.54, 1.807) is 0 Å². The first-order valence-electron chi connectivity index (χ1n) is 5.79. The average molecular weight is 275 g/mol. The van der Waals surface area contributed by atoms with E-state index >= 15 is 0 Å². The summed E-state index contributed by atoms with van der Waals surface area (Å²) >= 11 is 1.53. The molecule has 0 radical (unpaired) electrons. The van der Waals surface area contributed by atoms with Gasteiger partial charge in [-0.05, 0) is 43.2 Å². The minimum atomic E-state index is 0. The van der Waals surface area contributed by atoms with Crippen molar-refractivity contribution in [3.8, 4) is 0 Å². The maximum Gasteiger partial charge on any atom is 0.264 e. The van der Waals surface area contributed by atoms with Crippen LogP contribution in [0.1, 0.15) is 34.5 Å². The molecule has 1 unspecified atom stereocenters. The fraction of sp³-hybridized carbons (Fsp3) is 0.583. The molecule has 2 heterocycles. The molecule has 0 spiro atoms. The van der Waals surface area contributed by atoms with E-state index < -0.39 is 0 Å². The molecular weight excluding hydrogens is 256 g/mol. The molecule has 2 rings (SSSR count). The fourth-order valence-electron chi connectivity index (χ4n) is 2.24. The number of carbonyl (C=O) groups is 1. The van der Waals surface area contributed by atoms with Gasteiger partial charge in [0.15, 0.2) is 0 Å². The number of carbonyl (C=O) groups excluding carboxylic acids is 1. The third-order valence-corrected chi connectivity index (χ3v) is 4.22. The summed E-state index contributed by atoms with van der Waals surface area (Å²) in [6.45, 7) is 3.43. The van der Waals surface area contributed by atoms with Crippen molar-refractivity contribution < 1.29 is 4.79 Å². The number of hydrogen-bond donors (Lipinski definition) is 1. The zero-order chi connectivity index (χ0) is 11.5. The van der Waals surface area contributed by atoms with Crippen LogP contribution >= 0.6 is 23.7 Å². The standard InChI is InChI=1S/C12H18N2OS.ClH/c1-9-5-7-16-11(9)12(15)14-6-3-2-4-10(14)8-13;/h5,7,10H,2-4,6,8,13H2,1H3;1H. The second-order valence-corrected chi connectivity index (χ2v) is 5.23. The van der Waals surface area contributed by atoms with Crippen LogP contribution in [0.2, 0.25) is 0 Å². The number of nitrogens with zero attached hydrogens (tertiary/aromatic N) is 1. The maximum atomic E-state index is 12.3. The molecule has 1 aromatic heterocycles. The second kappa shape index (κ2) is 6.38. The highest BCUT2D eigenvalue weighted by molar-refractivity contribution is 7.12. The largest absolute Gasteiger partial charge is 0.334 e. The first-order valence-corrected chi connectivity index (χ1v) is 6.67. The molecule has 1 fully saturated rings. The summed E-state index contributed by atoms with van der Waals surface area (Å²) in [5.74, 6) is 0.169. The van der Waals surface area contributed by atoms with Crippen molar-refractivity contribution in [1.82, 2.24) is 4.90 Å². The van der Waals surface area contributed by atoms with Gasteiger partial charge in [-0.2, -0.15) is 0 Å². The van der Waals surface area contributed by atoms with Gasteiger partial charge in [0.05, 0.1) is 4.88 Å². The summed E-state index contributed by atoms with van der Waals surface area (Å²) in [6, 6.07) is 2.24. The number of nitrogens with two attached hydrogens (primary N) is 1. The Kier molecular flexibility index (Phi) is 5.43. The van der Waals surface area contributed by atoms with Gasteiger partial charge in [-0.25, -0.2) is 0 Å². The fourth-order valence-corrected chi connectivity index (χ4v) is 3.12. The Morgan fingerprint density at radius 1 is 1.59 bits per heavy atom. The van der Waals surface area contributed by atoms with Crippen LogP contribution in [0.15, 0.2) is 11.4 Å². The van der Waals surface area contributed by atoms with E-state index in [0.29, 0.717) is 6.54 Å². The lowest BCUT2D eigenvalue weighted by Crippen LogP contribution is -2.47. The smallest absolute Gasteiger partial charge is 0.264 e. The third kappa shape index (κ3) is 3.00. The van der Waals surface area contributed by atoms with E-state index in [2.05, 4.69) is 0 Å². The summed E-state index contributed by atoms with van der Waals surface area (Å²) in [6.07, 6.45) is 3.34. The van der Waals surface area contributed by atoms with Crippen LogP contribution in [0.5, 0.6) is 0 Å². The van der Waals surface area contributed by atoms with Crippen LogP contribution in [0, 0.1) is 6.92 Å². The first kappa shape index (κ1) is 14.5. The van der Waals surface area contributed by atoms with Crippen molar-refractivity contribution in [2.45, 2.75) is 32.2 Å². The molecule has 2 N–H and O–H groups in total. The predicted octanol–water partition coefficient (Wildman–Crippen LogP) is 2.43. The quantitative estimate of drug-likeness (QED) is 0.900. The molecule has 1 atom stereocenters. The lowest BCUT2D eigenvalue weighted by Gasteiger charge is -2.34. The highest BCUT2D eigenvalue weighted by Crippen LogP contribution is 2.23. The normalized spacial score (nSPS) is 19.9. The highest BCUT2D eigenvalue weighted by atomic mass is 35.5. The Morgan fingerprint density at radius 2 is 2.35 bits per heavy atom. The number of hydrogen-bond acceptors (Lipinski definition) is 3. The number of likely N-dealkylation sites (tertiary alicyclic amines) is 1. The van der Waals surface area contributed by atoms with E-state index in [-0.39, 0.29) is 24.4 Å². The zero-order valence-electron chi connectivity index (χ0n) is 10.0. The van der Waals surface area contributed by atoms with E-state index in [0.717, 1.165) is 29.8 Å². The third-order valence-electron chi connectivity index (χ3n) is 3.22. The zero-order valence-corrected chi connectivity index (χ0v) is 11.6. The molecule has 0 aromatic carbocycles. The maximum absolute atomic E-state index is 12.3. The number of amides is 1. The molecule has 1 saturated heterocycles. The van der Waals surface area contributed by atoms with Gasteiger partial charge in [-0.3, -0.25) is 4.79 Å². The van der Waals surface area contributed by atoms with Gasteiger partial charge in [0.2, 0.25) is 0 Å². The lowest BCUT2D eigenvalue weighted by atomic mass is 10.0. The molecule has 1 aliphatic heterocycles. The molecular formula is C12H19ClN2OS. The number of thiophene rings is 1. The molecule has 1 aliphatic rings. The van der Waals surface area contributed by atoms with Gasteiger partial charge in [0, 0.05) is 19.1 Å². The van der Waals surface area contributed by atoms with Crippen LogP contribution in [-0.4, -0.2) is 29.9 Å². The number of halogens is 1.